The van der Waals surface area contributed by atoms with Gasteiger partial charge in [0.1, 0.15) is 5.82 Å². The van der Waals surface area contributed by atoms with Crippen LogP contribution in [0.15, 0.2) is 36.4 Å². The van der Waals surface area contributed by atoms with Crippen LogP contribution in [0.25, 0.3) is 0 Å². The minimum Gasteiger partial charge on any atom is -0.380 e. The van der Waals surface area contributed by atoms with Gasteiger partial charge < -0.3 is 29.7 Å². The zero-order valence-corrected chi connectivity index (χ0v) is 20.6. The lowest BCUT2D eigenvalue weighted by Crippen LogP contribution is -2.55. The third-order valence-corrected chi connectivity index (χ3v) is 7.26. The highest BCUT2D eigenvalue weighted by atomic mass is 19.1. The van der Waals surface area contributed by atoms with Crippen molar-refractivity contribution < 1.29 is 33.4 Å². The molecule has 3 aliphatic rings. The topological polar surface area (TPSA) is 108 Å². The van der Waals surface area contributed by atoms with Crippen LogP contribution in [0.2, 0.25) is 0 Å². The summed E-state index contributed by atoms with van der Waals surface area (Å²) in [7, 11) is 0. The molecule has 0 unspecified atom stereocenters. The second-order valence-corrected chi connectivity index (χ2v) is 9.64. The molecule has 3 amide bonds. The van der Waals surface area contributed by atoms with Gasteiger partial charge in [0.25, 0.3) is 17.7 Å². The number of aliphatic hydroxyl groups excluding tert-OH is 1. The third kappa shape index (κ3) is 5.09. The normalized spacial score (nSPS) is 22.5. The van der Waals surface area contributed by atoms with Crippen LogP contribution in [0.4, 0.5) is 15.8 Å². The first-order valence-electron chi connectivity index (χ1n) is 12.5. The molecule has 9 nitrogen and oxygen atoms in total. The van der Waals surface area contributed by atoms with Crippen LogP contribution in [0.1, 0.15) is 40.7 Å². The van der Waals surface area contributed by atoms with E-state index in [1.54, 1.807) is 6.07 Å². The quantitative estimate of drug-likeness (QED) is 0.637. The van der Waals surface area contributed by atoms with E-state index in [1.165, 1.54) is 27.5 Å². The standard InChI is InChI=1S/C27H30FN3O6/c1-16-2-3-17-14-18(4-6-20(16)17)29-25(33)23(32)24-27(35)31(10-13-37-24)19-5-7-22(28)21(15-19)26(34)30-8-11-36-12-9-30/h4-7,14-16,23-24,32H,2-3,8-13H2,1H3,(H,29,33)/t16-,23-,24-/m1/s1. The first-order valence-corrected chi connectivity index (χ1v) is 12.5. The van der Waals surface area contributed by atoms with E-state index >= 15 is 0 Å². The predicted octanol–water partition coefficient (Wildman–Crippen LogP) is 2.08. The zero-order valence-electron chi connectivity index (χ0n) is 20.6. The fourth-order valence-corrected chi connectivity index (χ4v) is 5.13. The van der Waals surface area contributed by atoms with Gasteiger partial charge in [0.15, 0.2) is 12.2 Å². The monoisotopic (exact) mass is 511 g/mol. The summed E-state index contributed by atoms with van der Waals surface area (Å²) in [5.74, 6) is -2.11. The number of hydrogen-bond acceptors (Lipinski definition) is 6. The highest BCUT2D eigenvalue weighted by Gasteiger charge is 2.40. The molecule has 2 heterocycles. The molecular formula is C27H30FN3O6. The number of aliphatic hydroxyl groups is 1. The maximum absolute atomic E-state index is 14.6. The predicted molar refractivity (Wildman–Crippen MR) is 133 cm³/mol. The summed E-state index contributed by atoms with van der Waals surface area (Å²) in [6, 6.07) is 9.51. The highest BCUT2D eigenvalue weighted by molar-refractivity contribution is 6.04. The minimum atomic E-state index is -1.75. The Bertz CT molecular complexity index is 1210. The van der Waals surface area contributed by atoms with Crippen molar-refractivity contribution in [3.63, 3.8) is 0 Å². The molecule has 2 fully saturated rings. The lowest BCUT2D eigenvalue weighted by atomic mass is 10.0. The van der Waals surface area contributed by atoms with Crippen molar-refractivity contribution in [2.24, 2.45) is 0 Å². The van der Waals surface area contributed by atoms with Gasteiger partial charge in [0.2, 0.25) is 0 Å². The average Bonchev–Trinajstić information content (AvgIpc) is 3.28. The first kappa shape index (κ1) is 25.3. The number of anilines is 2. The number of hydrogen-bond donors (Lipinski definition) is 2. The van der Waals surface area contributed by atoms with Gasteiger partial charge in [0.05, 0.1) is 25.4 Å². The summed E-state index contributed by atoms with van der Waals surface area (Å²) in [5.41, 5.74) is 3.10. The Morgan fingerprint density at radius 3 is 2.68 bits per heavy atom. The van der Waals surface area contributed by atoms with Crippen molar-refractivity contribution in [1.29, 1.82) is 0 Å². The van der Waals surface area contributed by atoms with Gasteiger partial charge in [-0.05, 0) is 60.2 Å². The summed E-state index contributed by atoms with van der Waals surface area (Å²) >= 11 is 0. The van der Waals surface area contributed by atoms with Crippen LogP contribution in [0.3, 0.4) is 0 Å². The fourth-order valence-electron chi connectivity index (χ4n) is 5.13. The Balaban J connectivity index is 1.29. The molecule has 0 aromatic heterocycles. The Hall–Kier alpha value is -3.34. The number of nitrogens with one attached hydrogen (secondary N) is 1. The largest absolute Gasteiger partial charge is 0.380 e. The van der Waals surface area contributed by atoms with Crippen molar-refractivity contribution in [2.75, 3.05) is 49.7 Å². The van der Waals surface area contributed by atoms with Crippen LogP contribution in [-0.4, -0.2) is 79.4 Å². The molecule has 0 bridgehead atoms. The smallest absolute Gasteiger partial charge is 0.259 e. The molecule has 1 aliphatic carbocycles. The van der Waals surface area contributed by atoms with Gasteiger partial charge in [-0.3, -0.25) is 14.4 Å². The second-order valence-electron chi connectivity index (χ2n) is 9.64. The molecule has 10 heteroatoms. The average molecular weight is 512 g/mol. The van der Waals surface area contributed by atoms with E-state index in [0.29, 0.717) is 37.9 Å². The van der Waals surface area contributed by atoms with E-state index in [0.717, 1.165) is 24.5 Å². The van der Waals surface area contributed by atoms with Gasteiger partial charge in [-0.15, -0.1) is 0 Å². The number of fused-ring (bicyclic) bond motifs is 1. The number of carbonyl (C=O) groups excluding carboxylic acids is 3. The number of amides is 3. The summed E-state index contributed by atoms with van der Waals surface area (Å²) in [4.78, 5) is 41.7. The van der Waals surface area contributed by atoms with Gasteiger partial charge in [0, 0.05) is 31.0 Å². The molecule has 196 valence electrons. The minimum absolute atomic E-state index is 0.0571. The van der Waals surface area contributed by atoms with Gasteiger partial charge >= 0.3 is 0 Å². The molecule has 2 N–H and O–H groups in total. The Morgan fingerprint density at radius 2 is 1.89 bits per heavy atom. The first-order chi connectivity index (χ1) is 17.8. The van der Waals surface area contributed by atoms with Gasteiger partial charge in [-0.1, -0.05) is 13.0 Å². The summed E-state index contributed by atoms with van der Waals surface area (Å²) < 4.78 is 25.3. The Kier molecular flexibility index (Phi) is 7.23. The maximum Gasteiger partial charge on any atom is 0.259 e. The molecule has 37 heavy (non-hydrogen) atoms. The molecule has 0 saturated carbocycles. The number of morpholine rings is 2. The zero-order chi connectivity index (χ0) is 26.1. The van der Waals surface area contributed by atoms with E-state index in [4.69, 9.17) is 9.47 Å². The van der Waals surface area contributed by atoms with Crippen molar-refractivity contribution >= 4 is 29.1 Å². The van der Waals surface area contributed by atoms with Gasteiger partial charge in [-0.25, -0.2) is 4.39 Å². The molecule has 3 atom stereocenters. The summed E-state index contributed by atoms with van der Waals surface area (Å²) in [6.07, 6.45) is -1.21. The van der Waals surface area contributed by atoms with E-state index < -0.39 is 35.7 Å². The fraction of sp³-hybridized carbons (Fsp3) is 0.444. The number of aryl methyl sites for hydroxylation is 1. The number of benzene rings is 2. The van der Waals surface area contributed by atoms with Crippen LogP contribution < -0.4 is 10.2 Å². The molecule has 2 aliphatic heterocycles. The molecule has 0 spiro atoms. The van der Waals surface area contributed by atoms with Crippen LogP contribution >= 0.6 is 0 Å². The highest BCUT2D eigenvalue weighted by Crippen LogP contribution is 2.34. The lowest BCUT2D eigenvalue weighted by Gasteiger charge is -2.34. The lowest BCUT2D eigenvalue weighted by molar-refractivity contribution is -0.150. The molecule has 0 radical (unpaired) electrons. The SMILES string of the molecule is C[C@@H]1CCc2cc(NC(=O)[C@H](O)[C@H]3OCCN(c4ccc(F)c(C(=O)N5CCOCC5)c4)C3=O)ccc21. The van der Waals surface area contributed by atoms with Crippen LogP contribution in [0.5, 0.6) is 0 Å². The van der Waals surface area contributed by atoms with Crippen molar-refractivity contribution in [3.05, 3.63) is 58.9 Å². The van der Waals surface area contributed by atoms with E-state index in [9.17, 15) is 23.9 Å². The van der Waals surface area contributed by atoms with E-state index in [1.807, 2.05) is 12.1 Å². The van der Waals surface area contributed by atoms with Crippen molar-refractivity contribution in [2.45, 2.75) is 37.9 Å². The van der Waals surface area contributed by atoms with E-state index in [2.05, 4.69) is 12.2 Å². The number of nitrogens with zero attached hydrogens (tertiary/aromatic N) is 2. The Labute approximate surface area is 214 Å². The van der Waals surface area contributed by atoms with Crippen LogP contribution in [-0.2, 0) is 25.5 Å². The summed E-state index contributed by atoms with van der Waals surface area (Å²) in [6.45, 7) is 3.80. The second kappa shape index (κ2) is 10.6. The third-order valence-electron chi connectivity index (χ3n) is 7.26. The molecule has 2 saturated heterocycles. The van der Waals surface area contributed by atoms with Crippen LogP contribution in [0, 0.1) is 5.82 Å². The number of halogens is 1. The Morgan fingerprint density at radius 1 is 1.11 bits per heavy atom. The maximum atomic E-state index is 14.6. The number of rotatable bonds is 5. The number of carbonyl (C=O) groups is 3. The number of ether oxygens (including phenoxy) is 2. The molecular weight excluding hydrogens is 481 g/mol. The molecule has 5 rings (SSSR count). The van der Waals surface area contributed by atoms with Crippen molar-refractivity contribution in [3.8, 4) is 0 Å². The van der Waals surface area contributed by atoms with Gasteiger partial charge in [-0.2, -0.15) is 0 Å². The molecule has 2 aromatic carbocycles. The van der Waals surface area contributed by atoms with E-state index in [-0.39, 0.29) is 24.4 Å². The van der Waals surface area contributed by atoms with Crippen molar-refractivity contribution in [1.82, 2.24) is 4.90 Å². The summed E-state index contributed by atoms with van der Waals surface area (Å²) in [5, 5.41) is 13.4. The molecule has 2 aromatic rings.